The minimum atomic E-state index is -3.63. The number of nitrogens with one attached hydrogen (secondary N) is 1. The fourth-order valence-electron chi connectivity index (χ4n) is 3.51. The summed E-state index contributed by atoms with van der Waals surface area (Å²) in [6.07, 6.45) is 1.14. The van der Waals surface area contributed by atoms with Crippen LogP contribution in [0.4, 0.5) is 5.69 Å². The molecule has 1 heterocycles. The van der Waals surface area contributed by atoms with Crippen molar-refractivity contribution < 1.29 is 13.2 Å². The second kappa shape index (κ2) is 7.50. The molecule has 0 saturated carbocycles. The van der Waals surface area contributed by atoms with E-state index in [0.717, 1.165) is 19.5 Å². The van der Waals surface area contributed by atoms with Crippen molar-refractivity contribution in [3.05, 3.63) is 60.2 Å². The Morgan fingerprint density at radius 1 is 0.962 bits per heavy atom. The number of anilines is 1. The lowest BCUT2D eigenvalue weighted by Gasteiger charge is -2.35. The maximum absolute atomic E-state index is 12.7. The number of hydrogen-bond acceptors (Lipinski definition) is 3. The van der Waals surface area contributed by atoms with E-state index in [1.165, 1.54) is 0 Å². The highest BCUT2D eigenvalue weighted by atomic mass is 32.2. The average Bonchev–Trinajstić information content (AvgIpc) is 2.61. The fourth-order valence-corrected chi connectivity index (χ4v) is 4.59. The van der Waals surface area contributed by atoms with E-state index in [4.69, 9.17) is 0 Å². The number of carbonyl (C=O) groups excluding carboxylic acids is 1. The van der Waals surface area contributed by atoms with Gasteiger partial charge in [-0.15, -0.1) is 0 Å². The highest BCUT2D eigenvalue weighted by Gasteiger charge is 2.26. The number of rotatable bonds is 4. The Bertz CT molecular complexity index is 854. The predicted octanol–water partition coefficient (Wildman–Crippen LogP) is 3.61. The van der Waals surface area contributed by atoms with Gasteiger partial charge in [0.15, 0.2) is 0 Å². The molecule has 1 saturated heterocycles. The molecule has 1 fully saturated rings. The molecule has 26 heavy (non-hydrogen) atoms. The molecule has 1 N–H and O–H groups in total. The Balaban J connectivity index is 1.71. The summed E-state index contributed by atoms with van der Waals surface area (Å²) < 4.78 is 27.2. The van der Waals surface area contributed by atoms with Gasteiger partial charge >= 0.3 is 0 Å². The van der Waals surface area contributed by atoms with Crippen LogP contribution in [0.25, 0.3) is 0 Å². The number of nitrogens with zero attached hydrogens (tertiary/aromatic N) is 1. The summed E-state index contributed by atoms with van der Waals surface area (Å²) in [4.78, 5) is 14.8. The van der Waals surface area contributed by atoms with Crippen LogP contribution in [0, 0.1) is 11.8 Å². The summed E-state index contributed by atoms with van der Waals surface area (Å²) in [5.74, 6) is 1.00. The van der Waals surface area contributed by atoms with Gasteiger partial charge in [0, 0.05) is 24.3 Å². The monoisotopic (exact) mass is 372 g/mol. The fraction of sp³-hybridized carbons (Fsp3) is 0.350. The van der Waals surface area contributed by atoms with E-state index in [2.05, 4.69) is 18.6 Å². The van der Waals surface area contributed by atoms with Gasteiger partial charge in [-0.05, 0) is 54.7 Å². The molecule has 138 valence electrons. The zero-order chi connectivity index (χ0) is 18.7. The van der Waals surface area contributed by atoms with Crippen LogP contribution in [-0.4, -0.2) is 32.3 Å². The van der Waals surface area contributed by atoms with Crippen LogP contribution in [0.5, 0.6) is 0 Å². The van der Waals surface area contributed by atoms with E-state index < -0.39 is 10.0 Å². The van der Waals surface area contributed by atoms with Crippen LogP contribution in [-0.2, 0) is 10.0 Å². The van der Waals surface area contributed by atoms with E-state index >= 15 is 0 Å². The van der Waals surface area contributed by atoms with Gasteiger partial charge in [-0.2, -0.15) is 0 Å². The third-order valence-electron chi connectivity index (χ3n) is 4.59. The van der Waals surface area contributed by atoms with Crippen molar-refractivity contribution in [2.75, 3.05) is 17.8 Å². The quantitative estimate of drug-likeness (QED) is 0.892. The molecule has 0 radical (unpaired) electrons. The van der Waals surface area contributed by atoms with Gasteiger partial charge in [0.25, 0.3) is 15.9 Å². The molecular formula is C20H24N2O3S. The number of benzene rings is 2. The lowest BCUT2D eigenvalue weighted by molar-refractivity contribution is 0.0623. The first-order valence-corrected chi connectivity index (χ1v) is 10.3. The van der Waals surface area contributed by atoms with Gasteiger partial charge in [0.2, 0.25) is 0 Å². The van der Waals surface area contributed by atoms with E-state index in [9.17, 15) is 13.2 Å². The van der Waals surface area contributed by atoms with Crippen LogP contribution in [0.3, 0.4) is 0 Å². The molecule has 2 aromatic carbocycles. The van der Waals surface area contributed by atoms with E-state index in [1.807, 2.05) is 4.90 Å². The molecule has 0 aliphatic carbocycles. The molecule has 0 bridgehead atoms. The summed E-state index contributed by atoms with van der Waals surface area (Å²) in [6.45, 7) is 5.87. The van der Waals surface area contributed by atoms with Gasteiger partial charge in [-0.25, -0.2) is 8.42 Å². The highest BCUT2D eigenvalue weighted by Crippen LogP contribution is 2.23. The van der Waals surface area contributed by atoms with Crippen LogP contribution in [0.15, 0.2) is 59.5 Å². The van der Waals surface area contributed by atoms with Crippen LogP contribution >= 0.6 is 0 Å². The number of hydrogen-bond donors (Lipinski definition) is 1. The van der Waals surface area contributed by atoms with E-state index in [1.54, 1.807) is 54.6 Å². The third-order valence-corrected chi connectivity index (χ3v) is 5.99. The van der Waals surface area contributed by atoms with Crippen molar-refractivity contribution in [1.82, 2.24) is 4.90 Å². The number of sulfonamides is 1. The third kappa shape index (κ3) is 4.25. The van der Waals surface area contributed by atoms with Gasteiger partial charge in [-0.3, -0.25) is 9.52 Å². The number of piperidine rings is 1. The molecule has 1 amide bonds. The number of likely N-dealkylation sites (tertiary alicyclic amines) is 1. The molecule has 2 aromatic rings. The second-order valence-electron chi connectivity index (χ2n) is 7.15. The summed E-state index contributed by atoms with van der Waals surface area (Å²) in [7, 11) is -3.63. The second-order valence-corrected chi connectivity index (χ2v) is 8.83. The average molecular weight is 372 g/mol. The maximum atomic E-state index is 12.7. The van der Waals surface area contributed by atoms with Gasteiger partial charge in [0.1, 0.15) is 0 Å². The topological polar surface area (TPSA) is 66.5 Å². The predicted molar refractivity (Wildman–Crippen MR) is 103 cm³/mol. The first-order chi connectivity index (χ1) is 12.3. The largest absolute Gasteiger partial charge is 0.338 e. The maximum Gasteiger partial charge on any atom is 0.261 e. The Morgan fingerprint density at radius 2 is 1.54 bits per heavy atom. The van der Waals surface area contributed by atoms with Gasteiger partial charge in [0.05, 0.1) is 4.90 Å². The smallest absolute Gasteiger partial charge is 0.261 e. The minimum absolute atomic E-state index is 0.000802. The molecule has 1 aliphatic heterocycles. The molecule has 0 spiro atoms. The Morgan fingerprint density at radius 3 is 2.12 bits per heavy atom. The molecule has 6 heteroatoms. The normalized spacial score (nSPS) is 20.6. The summed E-state index contributed by atoms with van der Waals surface area (Å²) in [5, 5.41) is 0. The Hall–Kier alpha value is -2.34. The van der Waals surface area contributed by atoms with E-state index in [-0.39, 0.29) is 10.8 Å². The molecule has 0 aromatic heterocycles. The molecule has 2 atom stereocenters. The molecule has 0 unspecified atom stereocenters. The molecular weight excluding hydrogens is 348 g/mol. The zero-order valence-corrected chi connectivity index (χ0v) is 15.9. The van der Waals surface area contributed by atoms with Crippen molar-refractivity contribution in [1.29, 1.82) is 0 Å². The van der Waals surface area contributed by atoms with Crippen molar-refractivity contribution in [3.63, 3.8) is 0 Å². The van der Waals surface area contributed by atoms with Crippen molar-refractivity contribution in [2.24, 2.45) is 11.8 Å². The summed E-state index contributed by atoms with van der Waals surface area (Å²) >= 11 is 0. The van der Waals surface area contributed by atoms with Gasteiger partial charge in [-0.1, -0.05) is 32.0 Å². The van der Waals surface area contributed by atoms with E-state index in [0.29, 0.717) is 23.1 Å². The first-order valence-electron chi connectivity index (χ1n) is 8.82. The van der Waals surface area contributed by atoms with Crippen molar-refractivity contribution >= 4 is 21.6 Å². The van der Waals surface area contributed by atoms with Gasteiger partial charge < -0.3 is 4.90 Å². The lowest BCUT2D eigenvalue weighted by atomic mass is 9.91. The summed E-state index contributed by atoms with van der Waals surface area (Å²) in [5.41, 5.74) is 1.01. The minimum Gasteiger partial charge on any atom is -0.338 e. The Labute approximate surface area is 155 Å². The first kappa shape index (κ1) is 18.5. The standard InChI is InChI=1S/C20H24N2O3S/c1-15-12-16(2)14-22(13-15)20(23)17-8-10-18(11-9-17)21-26(24,25)19-6-4-3-5-7-19/h3-11,15-16,21H,12-14H2,1-2H3/t15-,16-/m1/s1. The molecule has 1 aliphatic rings. The van der Waals surface area contributed by atoms with Crippen molar-refractivity contribution in [3.8, 4) is 0 Å². The zero-order valence-electron chi connectivity index (χ0n) is 15.1. The molecule has 5 nitrogen and oxygen atoms in total. The SMILES string of the molecule is C[C@@H]1C[C@@H](C)CN(C(=O)c2ccc(NS(=O)(=O)c3ccccc3)cc2)C1. The van der Waals surface area contributed by atoms with Crippen LogP contribution < -0.4 is 4.72 Å². The highest BCUT2D eigenvalue weighted by molar-refractivity contribution is 7.92. The van der Waals surface area contributed by atoms with Crippen molar-refractivity contribution in [2.45, 2.75) is 25.2 Å². The Kier molecular flexibility index (Phi) is 5.32. The number of amides is 1. The number of carbonyl (C=O) groups is 1. The lowest BCUT2D eigenvalue weighted by Crippen LogP contribution is -2.42. The van der Waals surface area contributed by atoms with Crippen LogP contribution in [0.1, 0.15) is 30.6 Å². The summed E-state index contributed by atoms with van der Waals surface area (Å²) in [6, 6.07) is 14.8. The van der Waals surface area contributed by atoms with Crippen LogP contribution in [0.2, 0.25) is 0 Å². The molecule has 3 rings (SSSR count).